The molecule has 4 rings (SSSR count). The Hall–Kier alpha value is -2.61. The van der Waals surface area contributed by atoms with Gasteiger partial charge in [-0.1, -0.05) is 17.3 Å². The third kappa shape index (κ3) is 2.31. The minimum atomic E-state index is -0.425. The number of methoxy groups -OCH3 is 1. The first kappa shape index (κ1) is 14.0. The predicted molar refractivity (Wildman–Crippen MR) is 79.6 cm³/mol. The highest BCUT2D eigenvalue weighted by atomic mass is 16.5. The molecule has 0 bridgehead atoms. The summed E-state index contributed by atoms with van der Waals surface area (Å²) < 4.78 is 12.8. The number of hydrogen-bond acceptors (Lipinski definition) is 7. The van der Waals surface area contributed by atoms with E-state index in [9.17, 15) is 0 Å². The lowest BCUT2D eigenvalue weighted by Crippen LogP contribution is -2.25. The van der Waals surface area contributed by atoms with Crippen molar-refractivity contribution in [2.45, 2.75) is 31.3 Å². The molecular formula is C15H16N6O2. The van der Waals surface area contributed by atoms with Crippen LogP contribution in [0.2, 0.25) is 0 Å². The minimum Gasteiger partial charge on any atom is -0.370 e. The molecule has 2 aromatic heterocycles. The molecule has 0 atom stereocenters. The molecule has 0 N–H and O–H groups in total. The van der Waals surface area contributed by atoms with E-state index in [0.29, 0.717) is 11.7 Å². The van der Waals surface area contributed by atoms with Gasteiger partial charge in [0, 0.05) is 7.11 Å². The van der Waals surface area contributed by atoms with Crippen LogP contribution in [0.1, 0.15) is 31.5 Å². The zero-order valence-corrected chi connectivity index (χ0v) is 12.7. The average Bonchev–Trinajstić information content (AvgIpc) is 3.35. The molecule has 1 aromatic carbocycles. The first-order valence-electron chi connectivity index (χ1n) is 7.54. The molecule has 2 heterocycles. The van der Waals surface area contributed by atoms with Gasteiger partial charge in [0.15, 0.2) is 0 Å². The van der Waals surface area contributed by atoms with Gasteiger partial charge in [0.2, 0.25) is 5.82 Å². The Bertz CT molecular complexity index is 792. The molecule has 0 radical (unpaired) electrons. The molecule has 0 aliphatic heterocycles. The van der Waals surface area contributed by atoms with Crippen molar-refractivity contribution in [3.05, 3.63) is 36.4 Å². The Morgan fingerprint density at radius 3 is 2.78 bits per heavy atom. The largest absolute Gasteiger partial charge is 0.370 e. The van der Waals surface area contributed by atoms with Gasteiger partial charge in [-0.05, 0) is 48.2 Å². The molecule has 1 saturated carbocycles. The molecule has 8 heteroatoms. The molecular weight excluding hydrogens is 296 g/mol. The van der Waals surface area contributed by atoms with E-state index in [1.165, 1.54) is 6.33 Å². The molecule has 8 nitrogen and oxygen atoms in total. The highest BCUT2D eigenvalue weighted by molar-refractivity contribution is 5.65. The fourth-order valence-electron chi connectivity index (χ4n) is 3.11. The molecule has 1 fully saturated rings. The van der Waals surface area contributed by atoms with Crippen LogP contribution in [0.15, 0.2) is 35.1 Å². The van der Waals surface area contributed by atoms with Crippen LogP contribution >= 0.6 is 0 Å². The molecule has 0 spiro atoms. The highest BCUT2D eigenvalue weighted by Crippen LogP contribution is 2.41. The fourth-order valence-corrected chi connectivity index (χ4v) is 3.11. The van der Waals surface area contributed by atoms with E-state index in [1.807, 2.05) is 24.3 Å². The van der Waals surface area contributed by atoms with Gasteiger partial charge in [0.05, 0.1) is 11.3 Å². The Morgan fingerprint density at radius 1 is 1.22 bits per heavy atom. The second kappa shape index (κ2) is 5.54. The molecule has 3 aromatic rings. The third-order valence-electron chi connectivity index (χ3n) is 4.37. The highest BCUT2D eigenvalue weighted by Gasteiger charge is 2.40. The summed E-state index contributed by atoms with van der Waals surface area (Å²) in [4.78, 5) is 4.59. The van der Waals surface area contributed by atoms with Gasteiger partial charge >= 0.3 is 0 Å². The number of tetrazole rings is 1. The lowest BCUT2D eigenvalue weighted by molar-refractivity contribution is -0.0178. The lowest BCUT2D eigenvalue weighted by atomic mass is 10.0. The minimum absolute atomic E-state index is 0.425. The molecule has 0 saturated heterocycles. The average molecular weight is 312 g/mol. The van der Waals surface area contributed by atoms with Crippen molar-refractivity contribution in [3.8, 4) is 17.1 Å². The first-order chi connectivity index (χ1) is 11.3. The summed E-state index contributed by atoms with van der Waals surface area (Å²) in [6, 6.07) is 7.62. The summed E-state index contributed by atoms with van der Waals surface area (Å²) in [5.41, 5.74) is 1.14. The van der Waals surface area contributed by atoms with Gasteiger partial charge in [-0.3, -0.25) is 0 Å². The first-order valence-corrected chi connectivity index (χ1v) is 7.54. The van der Waals surface area contributed by atoms with Crippen molar-refractivity contribution < 1.29 is 9.26 Å². The van der Waals surface area contributed by atoms with Crippen molar-refractivity contribution >= 4 is 0 Å². The Kier molecular flexibility index (Phi) is 3.38. The van der Waals surface area contributed by atoms with Crippen LogP contribution in [0, 0.1) is 0 Å². The van der Waals surface area contributed by atoms with E-state index in [4.69, 9.17) is 9.26 Å². The predicted octanol–water partition coefficient (Wildman–Crippen LogP) is 2.13. The number of rotatable bonds is 4. The molecule has 1 aliphatic rings. The standard InChI is InChI=1S/C15H16N6O2/c1-22-15(8-4-5-9-15)14-17-13(23-18-14)11-6-2-3-7-12(11)21-10-16-19-20-21/h2-3,6-7,10H,4-5,8-9H2,1H3. The SMILES string of the molecule is COC1(c2noc(-c3ccccc3-n3cnnn3)n2)CCCC1. The third-order valence-corrected chi connectivity index (χ3v) is 4.37. The van der Waals surface area contributed by atoms with E-state index in [2.05, 4.69) is 25.7 Å². The van der Waals surface area contributed by atoms with Crippen molar-refractivity contribution in [2.75, 3.05) is 7.11 Å². The van der Waals surface area contributed by atoms with Crippen molar-refractivity contribution in [3.63, 3.8) is 0 Å². The number of para-hydroxylation sites is 1. The summed E-state index contributed by atoms with van der Waals surface area (Å²) in [5.74, 6) is 1.05. The van der Waals surface area contributed by atoms with E-state index < -0.39 is 5.60 Å². The lowest BCUT2D eigenvalue weighted by Gasteiger charge is -2.22. The Balaban J connectivity index is 1.76. The van der Waals surface area contributed by atoms with Crippen molar-refractivity contribution in [2.24, 2.45) is 0 Å². The van der Waals surface area contributed by atoms with Gasteiger partial charge in [-0.15, -0.1) is 5.10 Å². The van der Waals surface area contributed by atoms with Gasteiger partial charge in [0.1, 0.15) is 11.9 Å². The number of aromatic nitrogens is 6. The topological polar surface area (TPSA) is 91.8 Å². The second-order valence-electron chi connectivity index (χ2n) is 5.60. The maximum Gasteiger partial charge on any atom is 0.260 e. The normalized spacial score (nSPS) is 16.7. The van der Waals surface area contributed by atoms with Crippen LogP contribution in [0.4, 0.5) is 0 Å². The molecule has 0 amide bonds. The summed E-state index contributed by atoms with van der Waals surface area (Å²) in [5, 5.41) is 15.4. The van der Waals surface area contributed by atoms with Crippen LogP contribution in [-0.4, -0.2) is 37.5 Å². The number of ether oxygens (including phenoxy) is 1. The number of benzene rings is 1. The fraction of sp³-hybridized carbons (Fsp3) is 0.400. The summed E-state index contributed by atoms with van der Waals surface area (Å²) >= 11 is 0. The van der Waals surface area contributed by atoms with Gasteiger partial charge in [0.25, 0.3) is 5.89 Å². The summed E-state index contributed by atoms with van der Waals surface area (Å²) in [6.07, 6.45) is 5.58. The molecule has 118 valence electrons. The zero-order valence-electron chi connectivity index (χ0n) is 12.7. The maximum absolute atomic E-state index is 5.71. The Labute approximate surface area is 132 Å². The van der Waals surface area contributed by atoms with Crippen LogP contribution in [0.5, 0.6) is 0 Å². The van der Waals surface area contributed by atoms with Crippen molar-refractivity contribution in [1.29, 1.82) is 0 Å². The maximum atomic E-state index is 5.71. The Morgan fingerprint density at radius 2 is 2.04 bits per heavy atom. The van der Waals surface area contributed by atoms with Gasteiger partial charge in [-0.25, -0.2) is 0 Å². The summed E-state index contributed by atoms with van der Waals surface area (Å²) in [6.45, 7) is 0. The second-order valence-corrected chi connectivity index (χ2v) is 5.60. The molecule has 23 heavy (non-hydrogen) atoms. The van der Waals surface area contributed by atoms with Crippen LogP contribution < -0.4 is 0 Å². The summed E-state index contributed by atoms with van der Waals surface area (Å²) in [7, 11) is 1.70. The molecule has 0 unspecified atom stereocenters. The van der Waals surface area contributed by atoms with E-state index in [1.54, 1.807) is 11.8 Å². The van der Waals surface area contributed by atoms with E-state index in [0.717, 1.165) is 36.9 Å². The number of nitrogens with zero attached hydrogens (tertiary/aromatic N) is 6. The monoisotopic (exact) mass is 312 g/mol. The molecule has 1 aliphatic carbocycles. The van der Waals surface area contributed by atoms with E-state index in [-0.39, 0.29) is 0 Å². The zero-order chi connectivity index (χ0) is 15.7. The number of hydrogen-bond donors (Lipinski definition) is 0. The smallest absolute Gasteiger partial charge is 0.260 e. The van der Waals surface area contributed by atoms with Crippen LogP contribution in [0.3, 0.4) is 0 Å². The van der Waals surface area contributed by atoms with Crippen LogP contribution in [0.25, 0.3) is 17.1 Å². The quantitative estimate of drug-likeness (QED) is 0.728. The van der Waals surface area contributed by atoms with Crippen molar-refractivity contribution in [1.82, 2.24) is 30.3 Å². The van der Waals surface area contributed by atoms with E-state index >= 15 is 0 Å². The van der Waals surface area contributed by atoms with Gasteiger partial charge in [-0.2, -0.15) is 9.67 Å². The van der Waals surface area contributed by atoms with Crippen LogP contribution in [-0.2, 0) is 10.3 Å². The van der Waals surface area contributed by atoms with Gasteiger partial charge < -0.3 is 9.26 Å².